The average molecular weight is 191 g/mol. The lowest BCUT2D eigenvalue weighted by Crippen LogP contribution is -2.34. The average Bonchev–Trinajstić information content (AvgIpc) is 2.37. The monoisotopic (exact) mass is 191 g/mol. The van der Waals surface area contributed by atoms with E-state index in [2.05, 4.69) is 30.3 Å². The number of thioether (sulfide) groups is 2. The molecule has 0 amide bonds. The molecule has 0 aromatic rings. The summed E-state index contributed by atoms with van der Waals surface area (Å²) < 4.78 is 0. The highest BCUT2D eigenvalue weighted by Gasteiger charge is 2.22. The van der Waals surface area contributed by atoms with Gasteiger partial charge >= 0.3 is 0 Å². The van der Waals surface area contributed by atoms with E-state index in [0.717, 1.165) is 11.3 Å². The molecule has 1 nitrogen and oxygen atoms in total. The normalized spacial score (nSPS) is 31.1. The molecule has 1 heterocycles. The van der Waals surface area contributed by atoms with Crippen LogP contribution in [-0.2, 0) is 0 Å². The third-order valence-electron chi connectivity index (χ3n) is 2.09. The molecule has 3 heteroatoms. The highest BCUT2D eigenvalue weighted by atomic mass is 32.2. The van der Waals surface area contributed by atoms with E-state index in [1.54, 1.807) is 0 Å². The number of nitrogens with one attached hydrogen (secondary N) is 1. The summed E-state index contributed by atoms with van der Waals surface area (Å²) >= 11 is 4.01. The van der Waals surface area contributed by atoms with Crippen molar-refractivity contribution in [3.8, 4) is 0 Å². The second-order valence-corrected chi connectivity index (χ2v) is 5.39. The van der Waals surface area contributed by atoms with Crippen molar-refractivity contribution < 1.29 is 0 Å². The first kappa shape index (κ1) is 9.75. The van der Waals surface area contributed by atoms with E-state index >= 15 is 0 Å². The van der Waals surface area contributed by atoms with Crippen molar-refractivity contribution in [3.05, 3.63) is 0 Å². The van der Waals surface area contributed by atoms with Gasteiger partial charge in [0.25, 0.3) is 0 Å². The minimum absolute atomic E-state index is 0.784. The SMILES string of the molecule is CSCCNC1CCSC1C. The molecular weight excluding hydrogens is 174 g/mol. The van der Waals surface area contributed by atoms with Crippen molar-refractivity contribution >= 4 is 23.5 Å². The van der Waals surface area contributed by atoms with Crippen molar-refractivity contribution in [3.63, 3.8) is 0 Å². The van der Waals surface area contributed by atoms with Crippen LogP contribution in [0.1, 0.15) is 13.3 Å². The van der Waals surface area contributed by atoms with E-state index in [9.17, 15) is 0 Å². The van der Waals surface area contributed by atoms with Crippen molar-refractivity contribution in [2.75, 3.05) is 24.3 Å². The van der Waals surface area contributed by atoms with Crippen LogP contribution in [0.3, 0.4) is 0 Å². The fourth-order valence-electron chi connectivity index (χ4n) is 1.35. The summed E-state index contributed by atoms with van der Waals surface area (Å²) in [7, 11) is 0. The van der Waals surface area contributed by atoms with Crippen LogP contribution in [0.25, 0.3) is 0 Å². The first-order valence-corrected chi connectivity index (χ1v) is 6.63. The van der Waals surface area contributed by atoms with Crippen LogP contribution in [0.2, 0.25) is 0 Å². The van der Waals surface area contributed by atoms with E-state index in [1.165, 1.54) is 24.5 Å². The summed E-state index contributed by atoms with van der Waals surface area (Å²) in [4.78, 5) is 0. The third-order valence-corrected chi connectivity index (χ3v) is 4.03. The molecule has 0 bridgehead atoms. The molecule has 2 unspecified atom stereocenters. The molecule has 0 saturated carbocycles. The molecular formula is C8H17NS2. The second kappa shape index (κ2) is 5.33. The maximum atomic E-state index is 3.59. The minimum atomic E-state index is 0.784. The molecule has 11 heavy (non-hydrogen) atoms. The van der Waals surface area contributed by atoms with Gasteiger partial charge in [0.1, 0.15) is 0 Å². The summed E-state index contributed by atoms with van der Waals surface area (Å²) in [6.07, 6.45) is 3.52. The van der Waals surface area contributed by atoms with Crippen molar-refractivity contribution in [2.45, 2.75) is 24.6 Å². The molecule has 1 aliphatic heterocycles. The lowest BCUT2D eigenvalue weighted by Gasteiger charge is -2.15. The molecule has 1 N–H and O–H groups in total. The van der Waals surface area contributed by atoms with Crippen molar-refractivity contribution in [1.29, 1.82) is 0 Å². The molecule has 66 valence electrons. The fourth-order valence-corrected chi connectivity index (χ4v) is 2.89. The smallest absolute Gasteiger partial charge is 0.0192 e. The molecule has 0 aliphatic carbocycles. The van der Waals surface area contributed by atoms with E-state index in [4.69, 9.17) is 0 Å². The van der Waals surface area contributed by atoms with Gasteiger partial charge < -0.3 is 5.32 Å². The van der Waals surface area contributed by atoms with Crippen molar-refractivity contribution in [2.24, 2.45) is 0 Å². The highest BCUT2D eigenvalue weighted by molar-refractivity contribution is 8.00. The van der Waals surface area contributed by atoms with Crippen LogP contribution in [0.4, 0.5) is 0 Å². The lowest BCUT2D eigenvalue weighted by molar-refractivity contribution is 0.532. The Balaban J connectivity index is 2.05. The van der Waals surface area contributed by atoms with Gasteiger partial charge in [-0.2, -0.15) is 23.5 Å². The van der Waals surface area contributed by atoms with Crippen LogP contribution in [-0.4, -0.2) is 35.6 Å². The highest BCUT2D eigenvalue weighted by Crippen LogP contribution is 2.25. The molecule has 0 aromatic heterocycles. The summed E-state index contributed by atoms with van der Waals surface area (Å²) in [6.45, 7) is 3.51. The Labute approximate surface area is 78.1 Å². The molecule has 1 rings (SSSR count). The Hall–Kier alpha value is 0.660. The second-order valence-electron chi connectivity index (χ2n) is 2.92. The van der Waals surface area contributed by atoms with Crippen LogP contribution in [0.5, 0.6) is 0 Å². The van der Waals surface area contributed by atoms with E-state index in [1.807, 2.05) is 11.8 Å². The third kappa shape index (κ3) is 3.26. The standard InChI is InChI=1S/C8H17NS2/c1-7-8(3-5-11-7)9-4-6-10-2/h7-9H,3-6H2,1-2H3. The van der Waals surface area contributed by atoms with Crippen LogP contribution in [0, 0.1) is 0 Å². The van der Waals surface area contributed by atoms with Crippen molar-refractivity contribution in [1.82, 2.24) is 5.32 Å². The molecule has 1 fully saturated rings. The van der Waals surface area contributed by atoms with Crippen LogP contribution >= 0.6 is 23.5 Å². The van der Waals surface area contributed by atoms with Gasteiger partial charge in [-0.1, -0.05) is 6.92 Å². The topological polar surface area (TPSA) is 12.0 Å². The van der Waals surface area contributed by atoms with Crippen LogP contribution in [0.15, 0.2) is 0 Å². The number of hydrogen-bond donors (Lipinski definition) is 1. The Morgan fingerprint density at radius 2 is 2.45 bits per heavy atom. The van der Waals surface area contributed by atoms with Gasteiger partial charge in [0.2, 0.25) is 0 Å². The maximum Gasteiger partial charge on any atom is 0.0192 e. The van der Waals surface area contributed by atoms with Gasteiger partial charge in [0.05, 0.1) is 0 Å². The first-order valence-electron chi connectivity index (χ1n) is 4.18. The zero-order valence-corrected chi connectivity index (χ0v) is 8.93. The van der Waals surface area contributed by atoms with Crippen LogP contribution < -0.4 is 5.32 Å². The maximum absolute atomic E-state index is 3.59. The first-order chi connectivity index (χ1) is 5.34. The molecule has 0 aromatic carbocycles. The Bertz CT molecular complexity index is 108. The molecule has 2 atom stereocenters. The summed E-state index contributed by atoms with van der Waals surface area (Å²) in [5, 5.41) is 4.42. The Morgan fingerprint density at radius 3 is 3.00 bits per heavy atom. The quantitative estimate of drug-likeness (QED) is 0.681. The molecule has 1 aliphatic rings. The lowest BCUT2D eigenvalue weighted by atomic mass is 10.2. The number of hydrogen-bond acceptors (Lipinski definition) is 3. The predicted molar refractivity (Wildman–Crippen MR) is 56.7 cm³/mol. The fraction of sp³-hybridized carbons (Fsp3) is 1.00. The van der Waals surface area contributed by atoms with Gasteiger partial charge in [-0.15, -0.1) is 0 Å². The van der Waals surface area contributed by atoms with Gasteiger partial charge in [0, 0.05) is 23.6 Å². The Kier molecular flexibility index (Phi) is 4.72. The van der Waals surface area contributed by atoms with Gasteiger partial charge in [0.15, 0.2) is 0 Å². The Morgan fingerprint density at radius 1 is 1.64 bits per heavy atom. The zero-order valence-electron chi connectivity index (χ0n) is 7.30. The summed E-state index contributed by atoms with van der Waals surface area (Å²) in [5.41, 5.74) is 0. The summed E-state index contributed by atoms with van der Waals surface area (Å²) in [5.74, 6) is 2.59. The van der Waals surface area contributed by atoms with Gasteiger partial charge in [-0.3, -0.25) is 0 Å². The van der Waals surface area contributed by atoms with E-state index in [-0.39, 0.29) is 0 Å². The van der Waals surface area contributed by atoms with Gasteiger partial charge in [-0.05, 0) is 18.4 Å². The zero-order chi connectivity index (χ0) is 8.10. The molecule has 1 saturated heterocycles. The predicted octanol–water partition coefficient (Wildman–Crippen LogP) is 1.83. The van der Waals surface area contributed by atoms with Gasteiger partial charge in [-0.25, -0.2) is 0 Å². The number of rotatable bonds is 4. The molecule has 0 radical (unpaired) electrons. The largest absolute Gasteiger partial charge is 0.312 e. The molecule has 0 spiro atoms. The van der Waals surface area contributed by atoms with E-state index < -0.39 is 0 Å². The summed E-state index contributed by atoms with van der Waals surface area (Å²) in [6, 6.07) is 0.784. The van der Waals surface area contributed by atoms with E-state index in [0.29, 0.717) is 0 Å². The minimum Gasteiger partial charge on any atom is -0.312 e.